The highest BCUT2D eigenvalue weighted by molar-refractivity contribution is 4.76. The summed E-state index contributed by atoms with van der Waals surface area (Å²) in [6.07, 6.45) is 19.4. The van der Waals surface area contributed by atoms with Gasteiger partial charge in [-0.05, 0) is 78.9 Å². The van der Waals surface area contributed by atoms with Crippen LogP contribution in [-0.4, -0.2) is 0 Å². The third-order valence-electron chi connectivity index (χ3n) is 9.50. The molecule has 0 aliphatic carbocycles. The maximum Gasteiger partial charge on any atom is -0.0303 e. The summed E-state index contributed by atoms with van der Waals surface area (Å²) in [7, 11) is 0. The van der Waals surface area contributed by atoms with Crippen LogP contribution in [0.3, 0.4) is 0 Å². The van der Waals surface area contributed by atoms with E-state index < -0.39 is 0 Å². The quantitative estimate of drug-likeness (QED) is 0.127. The van der Waals surface area contributed by atoms with E-state index in [2.05, 4.69) is 104 Å². The van der Waals surface area contributed by atoms with Gasteiger partial charge in [0.05, 0.1) is 0 Å². The normalized spacial score (nSPS) is 9.57. The lowest BCUT2D eigenvalue weighted by Gasteiger charge is -2.32. The minimum atomic E-state index is 0. The summed E-state index contributed by atoms with van der Waals surface area (Å²) in [6, 6.07) is 0. The monoisotopic (exact) mass is 685 g/mol. The van der Waals surface area contributed by atoms with Gasteiger partial charge in [-0.15, -0.1) is 0 Å². The molecule has 0 aliphatic rings. The highest BCUT2D eigenvalue weighted by Gasteiger charge is 2.24. The molecule has 0 aromatic heterocycles. The SMILES string of the molecule is C.C.C.C.C.C.C.C.C.C.CCC(CC)(CC)CC(C)C.CCC(CC)CC(C)C.CCC(CC)CC(CC(C)C)CC(CC)CC. The largest absolute Gasteiger partial charge is 0.0776 e. The van der Waals surface area contributed by atoms with Crippen molar-refractivity contribution in [1.29, 1.82) is 0 Å². The maximum absolute atomic E-state index is 2.38. The Hall–Kier alpha value is 0. The topological polar surface area (TPSA) is 0 Å². The van der Waals surface area contributed by atoms with Crippen molar-refractivity contribution in [2.45, 2.75) is 268 Å². The van der Waals surface area contributed by atoms with Gasteiger partial charge in [0.2, 0.25) is 0 Å². The highest BCUT2D eigenvalue weighted by atomic mass is 14.3. The molecule has 0 radical (unpaired) electrons. The van der Waals surface area contributed by atoms with Gasteiger partial charge >= 0.3 is 0 Å². The molecule has 0 amide bonds. The van der Waals surface area contributed by atoms with Crippen LogP contribution in [0.25, 0.3) is 0 Å². The van der Waals surface area contributed by atoms with Gasteiger partial charge in [0.25, 0.3) is 0 Å². The van der Waals surface area contributed by atoms with Gasteiger partial charge in [0, 0.05) is 0 Å². The zero-order chi connectivity index (χ0) is 29.4. The van der Waals surface area contributed by atoms with Crippen LogP contribution in [0, 0.1) is 46.8 Å². The minimum Gasteiger partial charge on any atom is -0.0776 e. The lowest BCUT2D eigenvalue weighted by molar-refractivity contribution is 0.198. The van der Waals surface area contributed by atoms with E-state index in [1.807, 2.05) is 0 Å². The number of rotatable bonds is 19. The van der Waals surface area contributed by atoms with E-state index in [-0.39, 0.29) is 74.3 Å². The minimum absolute atomic E-state index is 0. The Labute approximate surface area is 314 Å². The van der Waals surface area contributed by atoms with Gasteiger partial charge < -0.3 is 0 Å². The van der Waals surface area contributed by atoms with Gasteiger partial charge in [-0.1, -0.05) is 236 Å². The standard InChI is InChI=1S/C17H36.C11H24.C9H20.10CH4/c1-7-15(8-2)12-17(11-14(5)6)13-16(9-3)10-4;1-6-11(7-2,8-3)9-10(4)5;1-5-9(6-2)7-8(3)4;;;;;;;;;;/h14-17H,7-13H2,1-6H3;10H,6-9H2,1-5H3;8-9H,5-7H2,1-4H3;10*1H4. The van der Waals surface area contributed by atoms with Crippen LogP contribution in [0.15, 0.2) is 0 Å². The summed E-state index contributed by atoms with van der Waals surface area (Å²) in [4.78, 5) is 0. The first-order valence-electron chi connectivity index (χ1n) is 17.4. The maximum atomic E-state index is 2.38. The molecular formula is C47H120. The molecule has 308 valence electrons. The average molecular weight is 685 g/mol. The zero-order valence-electron chi connectivity index (χ0n) is 29.4. The predicted molar refractivity (Wildman–Crippen MR) is 244 cm³/mol. The Morgan fingerprint density at radius 3 is 0.638 bits per heavy atom. The summed E-state index contributed by atoms with van der Waals surface area (Å²) in [5.74, 6) is 6.49. The molecule has 0 rings (SSSR count). The van der Waals surface area contributed by atoms with Crippen molar-refractivity contribution in [3.8, 4) is 0 Å². The Balaban J connectivity index is -0.0000000316. The van der Waals surface area contributed by atoms with E-state index in [1.54, 1.807) is 0 Å². The Morgan fingerprint density at radius 2 is 0.511 bits per heavy atom. The Morgan fingerprint density at radius 1 is 0.298 bits per heavy atom. The molecule has 0 aliphatic heterocycles. The second kappa shape index (κ2) is 55.4. The number of hydrogen-bond acceptors (Lipinski definition) is 0. The third-order valence-corrected chi connectivity index (χ3v) is 9.50. The van der Waals surface area contributed by atoms with Crippen molar-refractivity contribution < 1.29 is 0 Å². The van der Waals surface area contributed by atoms with E-state index in [4.69, 9.17) is 0 Å². The first-order chi connectivity index (χ1) is 17.4. The van der Waals surface area contributed by atoms with Crippen LogP contribution < -0.4 is 0 Å². The summed E-state index contributed by atoms with van der Waals surface area (Å²) < 4.78 is 0. The second-order valence-corrected chi connectivity index (χ2v) is 13.8. The van der Waals surface area contributed by atoms with Crippen LogP contribution in [0.5, 0.6) is 0 Å². The van der Waals surface area contributed by atoms with Gasteiger partial charge in [-0.25, -0.2) is 0 Å². The van der Waals surface area contributed by atoms with Gasteiger partial charge in [-0.3, -0.25) is 0 Å². The van der Waals surface area contributed by atoms with Gasteiger partial charge in [0.1, 0.15) is 0 Å². The molecule has 0 fully saturated rings. The summed E-state index contributed by atoms with van der Waals surface area (Å²) in [6.45, 7) is 35.0. The van der Waals surface area contributed by atoms with Crippen LogP contribution in [0.1, 0.15) is 268 Å². The van der Waals surface area contributed by atoms with E-state index >= 15 is 0 Å². The van der Waals surface area contributed by atoms with Gasteiger partial charge in [-0.2, -0.15) is 0 Å². The molecule has 0 saturated heterocycles. The molecule has 0 saturated carbocycles. The van der Waals surface area contributed by atoms with E-state index in [0.717, 1.165) is 41.4 Å². The average Bonchev–Trinajstić information content (AvgIpc) is 2.87. The van der Waals surface area contributed by atoms with Crippen LogP contribution >= 0.6 is 0 Å². The van der Waals surface area contributed by atoms with Crippen molar-refractivity contribution in [2.24, 2.45) is 46.8 Å². The number of hydrogen-bond donors (Lipinski definition) is 0. The fourth-order valence-corrected chi connectivity index (χ4v) is 6.48. The molecule has 47 heavy (non-hydrogen) atoms. The molecule has 0 aromatic rings. The second-order valence-electron chi connectivity index (χ2n) is 13.8. The fourth-order valence-electron chi connectivity index (χ4n) is 6.48. The summed E-state index contributed by atoms with van der Waals surface area (Å²) >= 11 is 0. The van der Waals surface area contributed by atoms with E-state index in [9.17, 15) is 0 Å². The van der Waals surface area contributed by atoms with Crippen LogP contribution in [0.2, 0.25) is 0 Å². The van der Waals surface area contributed by atoms with Crippen molar-refractivity contribution >= 4 is 0 Å². The summed E-state index contributed by atoms with van der Waals surface area (Å²) in [5, 5.41) is 0. The van der Waals surface area contributed by atoms with E-state index in [1.165, 1.54) is 89.9 Å². The van der Waals surface area contributed by atoms with Gasteiger partial charge in [0.15, 0.2) is 0 Å². The first-order valence-corrected chi connectivity index (χ1v) is 17.4. The highest BCUT2D eigenvalue weighted by Crippen LogP contribution is 2.37. The molecule has 0 atom stereocenters. The molecule has 0 heterocycles. The van der Waals surface area contributed by atoms with E-state index in [0.29, 0.717) is 5.41 Å². The molecule has 0 spiro atoms. The Bertz CT molecular complexity index is 393. The van der Waals surface area contributed by atoms with Crippen molar-refractivity contribution in [2.75, 3.05) is 0 Å². The lowest BCUT2D eigenvalue weighted by atomic mass is 9.74. The van der Waals surface area contributed by atoms with Crippen molar-refractivity contribution in [3.63, 3.8) is 0 Å². The molecule has 0 heteroatoms. The molecule has 0 aromatic carbocycles. The predicted octanol–water partition coefficient (Wildman–Crippen LogP) is 20.4. The van der Waals surface area contributed by atoms with Crippen LogP contribution in [-0.2, 0) is 0 Å². The third kappa shape index (κ3) is 50.5. The molecule has 0 nitrogen and oxygen atoms in total. The smallest absolute Gasteiger partial charge is 0.0303 e. The molecule has 0 bridgehead atoms. The van der Waals surface area contributed by atoms with Crippen LogP contribution in [0.4, 0.5) is 0 Å². The first kappa shape index (κ1) is 86.0. The summed E-state index contributed by atoms with van der Waals surface area (Å²) in [5.41, 5.74) is 0.647. The fraction of sp³-hybridized carbons (Fsp3) is 1.00. The zero-order valence-corrected chi connectivity index (χ0v) is 29.4. The molecular weight excluding hydrogens is 565 g/mol. The molecule has 0 N–H and O–H groups in total. The Kier molecular flexibility index (Phi) is 101. The molecule has 0 unspecified atom stereocenters. The lowest BCUT2D eigenvalue weighted by Crippen LogP contribution is -2.19. The van der Waals surface area contributed by atoms with Crippen molar-refractivity contribution in [1.82, 2.24) is 0 Å². The van der Waals surface area contributed by atoms with Crippen molar-refractivity contribution in [3.05, 3.63) is 0 Å².